The first-order chi connectivity index (χ1) is 8.77. The Hall–Kier alpha value is -1.36. The van der Waals surface area contributed by atoms with Crippen LogP contribution in [0, 0.1) is 0 Å². The van der Waals surface area contributed by atoms with Crippen LogP contribution >= 0.6 is 0 Å². The second-order valence-corrected chi connectivity index (χ2v) is 4.30. The van der Waals surface area contributed by atoms with E-state index in [-0.39, 0.29) is 5.56 Å². The van der Waals surface area contributed by atoms with Gasteiger partial charge in [0.2, 0.25) is 0 Å². The van der Waals surface area contributed by atoms with E-state index < -0.39 is 0 Å². The van der Waals surface area contributed by atoms with Crippen molar-refractivity contribution >= 4 is 0 Å². The molecule has 0 saturated carbocycles. The zero-order chi connectivity index (χ0) is 13.2. The largest absolute Gasteiger partial charge is 0.490 e. The third-order valence-corrected chi connectivity index (χ3v) is 2.70. The minimum atomic E-state index is -0.111. The minimum absolute atomic E-state index is 0.111. The fourth-order valence-corrected chi connectivity index (χ4v) is 1.71. The summed E-state index contributed by atoms with van der Waals surface area (Å²) in [6, 6.07) is 1.47. The third kappa shape index (κ3) is 5.31. The average molecular weight is 253 g/mol. The van der Waals surface area contributed by atoms with Crippen molar-refractivity contribution in [2.45, 2.75) is 45.6 Å². The highest BCUT2D eigenvalue weighted by Gasteiger charge is 2.00. The zero-order valence-corrected chi connectivity index (χ0v) is 11.1. The van der Waals surface area contributed by atoms with Crippen molar-refractivity contribution in [3.05, 3.63) is 22.6 Å². The molecule has 0 atom stereocenters. The van der Waals surface area contributed by atoms with Crippen molar-refractivity contribution in [1.82, 2.24) is 9.78 Å². The van der Waals surface area contributed by atoms with E-state index in [2.05, 4.69) is 12.0 Å². The normalized spacial score (nSPS) is 10.6. The Kier molecular flexibility index (Phi) is 7.10. The first-order valence-electron chi connectivity index (χ1n) is 6.68. The molecule has 5 nitrogen and oxygen atoms in total. The maximum Gasteiger partial charge on any atom is 0.270 e. The van der Waals surface area contributed by atoms with Crippen molar-refractivity contribution in [3.8, 4) is 5.75 Å². The van der Waals surface area contributed by atoms with E-state index in [0.29, 0.717) is 25.4 Å². The van der Waals surface area contributed by atoms with E-state index in [1.807, 2.05) is 0 Å². The number of ether oxygens (including phenoxy) is 1. The van der Waals surface area contributed by atoms with E-state index in [9.17, 15) is 4.79 Å². The van der Waals surface area contributed by atoms with Gasteiger partial charge in [-0.1, -0.05) is 32.6 Å². The van der Waals surface area contributed by atoms with Crippen LogP contribution in [-0.4, -0.2) is 22.9 Å². The molecule has 1 aromatic rings. The molecule has 2 N–H and O–H groups in total. The first-order valence-corrected chi connectivity index (χ1v) is 6.68. The molecule has 0 aromatic carbocycles. The Labute approximate surface area is 108 Å². The minimum Gasteiger partial charge on any atom is -0.490 e. The van der Waals surface area contributed by atoms with Gasteiger partial charge in [0.05, 0.1) is 6.20 Å². The SMILES string of the molecule is CCCCCCCn1ncc(OCCN)cc1=O. The number of unbranched alkanes of at least 4 members (excludes halogenated alkanes) is 4. The molecule has 0 radical (unpaired) electrons. The molecule has 0 bridgehead atoms. The maximum atomic E-state index is 11.7. The lowest BCUT2D eigenvalue weighted by Crippen LogP contribution is -2.22. The van der Waals surface area contributed by atoms with Gasteiger partial charge >= 0.3 is 0 Å². The third-order valence-electron chi connectivity index (χ3n) is 2.70. The predicted octanol–water partition coefficient (Wildman–Crippen LogP) is 1.55. The molecule has 0 aliphatic rings. The van der Waals surface area contributed by atoms with Crippen LogP contribution in [-0.2, 0) is 6.54 Å². The van der Waals surface area contributed by atoms with E-state index in [1.54, 1.807) is 6.20 Å². The lowest BCUT2D eigenvalue weighted by atomic mass is 10.1. The molecule has 0 unspecified atom stereocenters. The number of hydrogen-bond donors (Lipinski definition) is 1. The smallest absolute Gasteiger partial charge is 0.270 e. The van der Waals surface area contributed by atoms with Crippen molar-refractivity contribution in [3.63, 3.8) is 0 Å². The van der Waals surface area contributed by atoms with Gasteiger partial charge in [0.15, 0.2) is 0 Å². The zero-order valence-electron chi connectivity index (χ0n) is 11.1. The molecule has 5 heteroatoms. The summed E-state index contributed by atoms with van der Waals surface area (Å²) in [5.74, 6) is 0.493. The Bertz CT molecular complexity index is 390. The summed E-state index contributed by atoms with van der Waals surface area (Å²) in [5, 5.41) is 4.09. The summed E-state index contributed by atoms with van der Waals surface area (Å²) in [4.78, 5) is 11.7. The van der Waals surface area contributed by atoms with Crippen molar-refractivity contribution < 1.29 is 4.74 Å². The lowest BCUT2D eigenvalue weighted by molar-refractivity contribution is 0.323. The van der Waals surface area contributed by atoms with Crippen LogP contribution < -0.4 is 16.0 Å². The molecule has 102 valence electrons. The molecule has 0 saturated heterocycles. The standard InChI is InChI=1S/C13H23N3O2/c1-2-3-4-5-6-8-16-13(17)10-12(11-15-16)18-9-7-14/h10-11H,2-9,14H2,1H3. The van der Waals surface area contributed by atoms with E-state index in [4.69, 9.17) is 10.5 Å². The van der Waals surface area contributed by atoms with Gasteiger partial charge < -0.3 is 10.5 Å². The second kappa shape index (κ2) is 8.69. The van der Waals surface area contributed by atoms with Crippen LogP contribution in [0.25, 0.3) is 0 Å². The Morgan fingerprint density at radius 2 is 2.11 bits per heavy atom. The van der Waals surface area contributed by atoms with Crippen LogP contribution in [0.4, 0.5) is 0 Å². The highest BCUT2D eigenvalue weighted by atomic mass is 16.5. The van der Waals surface area contributed by atoms with Gasteiger partial charge in [-0.3, -0.25) is 4.79 Å². The Balaban J connectivity index is 2.40. The van der Waals surface area contributed by atoms with Gasteiger partial charge in [0, 0.05) is 19.2 Å². The molecule has 1 rings (SSSR count). The fourth-order valence-electron chi connectivity index (χ4n) is 1.71. The highest BCUT2D eigenvalue weighted by Crippen LogP contribution is 2.05. The quantitative estimate of drug-likeness (QED) is 0.678. The van der Waals surface area contributed by atoms with Gasteiger partial charge in [-0.2, -0.15) is 5.10 Å². The van der Waals surface area contributed by atoms with Gasteiger partial charge in [0.25, 0.3) is 5.56 Å². The van der Waals surface area contributed by atoms with Gasteiger partial charge in [-0.25, -0.2) is 4.68 Å². The van der Waals surface area contributed by atoms with Gasteiger partial charge in [-0.15, -0.1) is 0 Å². The average Bonchev–Trinajstić information content (AvgIpc) is 2.38. The predicted molar refractivity (Wildman–Crippen MR) is 71.8 cm³/mol. The summed E-state index contributed by atoms with van der Waals surface area (Å²) >= 11 is 0. The number of rotatable bonds is 9. The number of nitrogens with two attached hydrogens (primary N) is 1. The first kappa shape index (κ1) is 14.7. The number of aromatic nitrogens is 2. The number of hydrogen-bond acceptors (Lipinski definition) is 4. The van der Waals surface area contributed by atoms with Crippen LogP contribution in [0.2, 0.25) is 0 Å². The van der Waals surface area contributed by atoms with Crippen LogP contribution in [0.15, 0.2) is 17.1 Å². The molecule has 0 spiro atoms. The Morgan fingerprint density at radius 1 is 1.33 bits per heavy atom. The molecule has 0 amide bonds. The summed E-state index contributed by atoms with van der Waals surface area (Å²) in [5.41, 5.74) is 5.21. The van der Waals surface area contributed by atoms with Gasteiger partial charge in [0.1, 0.15) is 12.4 Å². The van der Waals surface area contributed by atoms with E-state index in [0.717, 1.165) is 12.8 Å². The summed E-state index contributed by atoms with van der Waals surface area (Å²) in [6.45, 7) is 3.70. The van der Waals surface area contributed by atoms with Crippen LogP contribution in [0.1, 0.15) is 39.0 Å². The molecule has 1 heterocycles. The Morgan fingerprint density at radius 3 is 2.78 bits per heavy atom. The summed E-state index contributed by atoms with van der Waals surface area (Å²) in [7, 11) is 0. The maximum absolute atomic E-state index is 11.7. The number of aryl methyl sites for hydroxylation is 1. The molecule has 0 aliphatic carbocycles. The molecule has 0 fully saturated rings. The van der Waals surface area contributed by atoms with Crippen molar-refractivity contribution in [2.24, 2.45) is 5.73 Å². The number of nitrogens with zero attached hydrogens (tertiary/aromatic N) is 2. The van der Waals surface area contributed by atoms with E-state index >= 15 is 0 Å². The molecule has 1 aromatic heterocycles. The highest BCUT2D eigenvalue weighted by molar-refractivity contribution is 5.13. The van der Waals surface area contributed by atoms with Gasteiger partial charge in [-0.05, 0) is 6.42 Å². The molecule has 18 heavy (non-hydrogen) atoms. The van der Waals surface area contributed by atoms with E-state index in [1.165, 1.54) is 30.0 Å². The topological polar surface area (TPSA) is 70.1 Å². The monoisotopic (exact) mass is 253 g/mol. The summed E-state index contributed by atoms with van der Waals surface area (Å²) < 4.78 is 6.74. The van der Waals surface area contributed by atoms with Crippen LogP contribution in [0.3, 0.4) is 0 Å². The van der Waals surface area contributed by atoms with Crippen molar-refractivity contribution in [2.75, 3.05) is 13.2 Å². The summed E-state index contributed by atoms with van der Waals surface area (Å²) in [6.07, 6.45) is 7.43. The molecular formula is C13H23N3O2. The molecular weight excluding hydrogens is 230 g/mol. The lowest BCUT2D eigenvalue weighted by Gasteiger charge is -2.06. The molecule has 0 aliphatic heterocycles. The second-order valence-electron chi connectivity index (χ2n) is 4.30. The van der Waals surface area contributed by atoms with Crippen LogP contribution in [0.5, 0.6) is 5.75 Å². The van der Waals surface area contributed by atoms with Crippen molar-refractivity contribution in [1.29, 1.82) is 0 Å². The fraction of sp³-hybridized carbons (Fsp3) is 0.692.